The van der Waals surface area contributed by atoms with Crippen LogP contribution >= 0.6 is 0 Å². The van der Waals surface area contributed by atoms with Gasteiger partial charge in [0.1, 0.15) is 11.2 Å². The molecule has 0 unspecified atom stereocenters. The van der Waals surface area contributed by atoms with Crippen LogP contribution in [0, 0.1) is 0 Å². The van der Waals surface area contributed by atoms with Gasteiger partial charge in [-0.15, -0.1) is 0 Å². The van der Waals surface area contributed by atoms with Crippen LogP contribution in [0.5, 0.6) is 0 Å². The first-order valence-electron chi connectivity index (χ1n) is 19.8. The van der Waals surface area contributed by atoms with E-state index in [1.54, 1.807) is 0 Å². The molecule has 0 aliphatic carbocycles. The molecule has 0 saturated carbocycles. The molecule has 272 valence electrons. The molecule has 10 aromatic carbocycles. The highest BCUT2D eigenvalue weighted by atomic mass is 16.3. The Morgan fingerprint density at radius 1 is 0.276 bits per heavy atom. The zero-order valence-electron chi connectivity index (χ0n) is 31.7. The van der Waals surface area contributed by atoms with Gasteiger partial charge in [0, 0.05) is 33.4 Å². The second-order valence-electron chi connectivity index (χ2n) is 14.9. The molecule has 0 aliphatic rings. The number of anilines is 3. The van der Waals surface area contributed by atoms with Crippen molar-refractivity contribution in [3.63, 3.8) is 0 Å². The van der Waals surface area contributed by atoms with Gasteiger partial charge in [-0.05, 0) is 109 Å². The number of rotatable bonds is 7. The second-order valence-corrected chi connectivity index (χ2v) is 14.9. The van der Waals surface area contributed by atoms with Crippen LogP contribution in [0.25, 0.3) is 88.0 Å². The fraction of sp³-hybridized carbons (Fsp3) is 0. The summed E-state index contributed by atoms with van der Waals surface area (Å²) in [6.07, 6.45) is 0. The summed E-state index contributed by atoms with van der Waals surface area (Å²) in [6, 6.07) is 80.7. The Labute approximate surface area is 337 Å². The van der Waals surface area contributed by atoms with Crippen molar-refractivity contribution in [2.24, 2.45) is 0 Å². The maximum absolute atomic E-state index is 6.44. The predicted octanol–water partition coefficient (Wildman–Crippen LogP) is 16.0. The van der Waals surface area contributed by atoms with E-state index >= 15 is 0 Å². The Hall–Kier alpha value is -7.68. The summed E-state index contributed by atoms with van der Waals surface area (Å²) >= 11 is 0. The van der Waals surface area contributed by atoms with Crippen LogP contribution in [-0.4, -0.2) is 0 Å². The van der Waals surface area contributed by atoms with Crippen LogP contribution in [0.3, 0.4) is 0 Å². The summed E-state index contributed by atoms with van der Waals surface area (Å²) < 4.78 is 6.44. The lowest BCUT2D eigenvalue weighted by Crippen LogP contribution is -2.10. The average molecular weight is 740 g/mol. The number of para-hydroxylation sites is 2. The van der Waals surface area contributed by atoms with Gasteiger partial charge in [0.25, 0.3) is 0 Å². The van der Waals surface area contributed by atoms with E-state index in [2.05, 4.69) is 217 Å². The molecule has 11 rings (SSSR count). The molecule has 2 nitrogen and oxygen atoms in total. The quantitative estimate of drug-likeness (QED) is 0.151. The van der Waals surface area contributed by atoms with Crippen molar-refractivity contribution in [2.75, 3.05) is 4.90 Å². The van der Waals surface area contributed by atoms with Crippen LogP contribution in [0.4, 0.5) is 17.1 Å². The number of fused-ring (bicyclic) bond motifs is 6. The molecule has 0 N–H and O–H groups in total. The van der Waals surface area contributed by atoms with Gasteiger partial charge in [0.05, 0.1) is 0 Å². The Kier molecular flexibility index (Phi) is 8.19. The third-order valence-corrected chi connectivity index (χ3v) is 11.5. The molecule has 0 aliphatic heterocycles. The normalized spacial score (nSPS) is 11.4. The minimum Gasteiger partial charge on any atom is -0.455 e. The van der Waals surface area contributed by atoms with Crippen molar-refractivity contribution >= 4 is 60.5 Å². The van der Waals surface area contributed by atoms with E-state index in [4.69, 9.17) is 4.42 Å². The molecule has 58 heavy (non-hydrogen) atoms. The van der Waals surface area contributed by atoms with Gasteiger partial charge >= 0.3 is 0 Å². The third-order valence-electron chi connectivity index (χ3n) is 11.5. The van der Waals surface area contributed by atoms with E-state index < -0.39 is 0 Å². The molecular weight excluding hydrogens is 703 g/mol. The van der Waals surface area contributed by atoms with Crippen LogP contribution in [0.2, 0.25) is 0 Å². The van der Waals surface area contributed by atoms with E-state index in [0.29, 0.717) is 0 Å². The van der Waals surface area contributed by atoms with Crippen LogP contribution in [-0.2, 0) is 0 Å². The van der Waals surface area contributed by atoms with Gasteiger partial charge in [-0.3, -0.25) is 0 Å². The number of furan rings is 1. The molecule has 0 spiro atoms. The van der Waals surface area contributed by atoms with Crippen LogP contribution < -0.4 is 4.90 Å². The number of benzene rings is 10. The molecule has 1 heterocycles. The molecule has 2 heteroatoms. The van der Waals surface area contributed by atoms with Gasteiger partial charge in [0.2, 0.25) is 0 Å². The number of hydrogen-bond donors (Lipinski definition) is 0. The Balaban J connectivity index is 1.06. The maximum atomic E-state index is 6.44. The highest BCUT2D eigenvalue weighted by Crippen LogP contribution is 2.43. The minimum atomic E-state index is 0.904. The first-order valence-corrected chi connectivity index (χ1v) is 19.8. The van der Waals surface area contributed by atoms with Crippen molar-refractivity contribution in [2.45, 2.75) is 0 Å². The number of hydrogen-bond acceptors (Lipinski definition) is 2. The van der Waals surface area contributed by atoms with Gasteiger partial charge in [-0.25, -0.2) is 0 Å². The maximum Gasteiger partial charge on any atom is 0.143 e. The lowest BCUT2D eigenvalue weighted by molar-refractivity contribution is 0.670. The summed E-state index contributed by atoms with van der Waals surface area (Å²) in [5.41, 5.74) is 14.4. The average Bonchev–Trinajstić information content (AvgIpc) is 3.69. The molecule has 0 radical (unpaired) electrons. The third kappa shape index (κ3) is 5.82. The molecule has 11 aromatic rings. The van der Waals surface area contributed by atoms with Crippen molar-refractivity contribution in [3.05, 3.63) is 224 Å². The summed E-state index contributed by atoms with van der Waals surface area (Å²) in [6.45, 7) is 0. The fourth-order valence-electron chi connectivity index (χ4n) is 8.69. The Morgan fingerprint density at radius 2 is 0.793 bits per heavy atom. The predicted molar refractivity (Wildman–Crippen MR) is 245 cm³/mol. The van der Waals surface area contributed by atoms with Crippen molar-refractivity contribution < 1.29 is 4.42 Å². The lowest BCUT2D eigenvalue weighted by atomic mass is 9.93. The molecule has 0 bridgehead atoms. The minimum absolute atomic E-state index is 0.904. The monoisotopic (exact) mass is 739 g/mol. The highest BCUT2D eigenvalue weighted by molar-refractivity contribution is 6.14. The van der Waals surface area contributed by atoms with Crippen LogP contribution in [0.15, 0.2) is 229 Å². The molecule has 0 amide bonds. The largest absolute Gasteiger partial charge is 0.455 e. The molecular formula is C56H37NO. The van der Waals surface area contributed by atoms with Gasteiger partial charge in [0.15, 0.2) is 0 Å². The smallest absolute Gasteiger partial charge is 0.143 e. The summed E-state index contributed by atoms with van der Waals surface area (Å²) in [4.78, 5) is 2.37. The molecule has 1 aromatic heterocycles. The fourth-order valence-corrected chi connectivity index (χ4v) is 8.69. The Bertz CT molecular complexity index is 3250. The highest BCUT2D eigenvalue weighted by Gasteiger charge is 2.19. The van der Waals surface area contributed by atoms with E-state index in [-0.39, 0.29) is 0 Å². The van der Waals surface area contributed by atoms with E-state index in [9.17, 15) is 0 Å². The molecule has 0 atom stereocenters. The van der Waals surface area contributed by atoms with Crippen LogP contribution in [0.1, 0.15) is 0 Å². The van der Waals surface area contributed by atoms with E-state index in [1.165, 1.54) is 54.9 Å². The van der Waals surface area contributed by atoms with Crippen molar-refractivity contribution in [1.82, 2.24) is 0 Å². The Morgan fingerprint density at radius 3 is 1.50 bits per heavy atom. The summed E-state index contributed by atoms with van der Waals surface area (Å²) in [5, 5.41) is 7.31. The lowest BCUT2D eigenvalue weighted by Gasteiger charge is -2.27. The van der Waals surface area contributed by atoms with E-state index in [0.717, 1.165) is 50.1 Å². The van der Waals surface area contributed by atoms with Gasteiger partial charge in [-0.1, -0.05) is 176 Å². The SMILES string of the molecule is c1ccc(-c2ccc(N(c3ccc(-c4cc5ccccc5c5ccccc45)cc3)c3ccc(-c4cccc5c4oc4ccccc45)cc3)cc2-c2ccccc2)cc1. The van der Waals surface area contributed by atoms with E-state index in [1.807, 2.05) is 12.1 Å². The first kappa shape index (κ1) is 33.6. The zero-order chi connectivity index (χ0) is 38.4. The van der Waals surface area contributed by atoms with Crippen molar-refractivity contribution in [3.8, 4) is 44.5 Å². The first-order chi connectivity index (χ1) is 28.8. The second kappa shape index (κ2) is 14.1. The molecule has 0 saturated heterocycles. The zero-order valence-corrected chi connectivity index (χ0v) is 31.7. The standard InChI is InChI=1S/C56H37NO/c1-3-14-38(15-4-1)47-35-34-45(37-54(47)39-16-5-2-6-17-39)57(43-30-26-40(27-31-43)48-23-13-24-52-51-22-11-12-25-55(51)58-56(48)52)44-32-28-41(29-33-44)53-36-42-18-7-8-19-46(42)49-20-9-10-21-50(49)53/h1-37H. The van der Waals surface area contributed by atoms with Gasteiger partial charge < -0.3 is 9.32 Å². The van der Waals surface area contributed by atoms with Gasteiger partial charge in [-0.2, -0.15) is 0 Å². The molecule has 0 fully saturated rings. The topological polar surface area (TPSA) is 16.4 Å². The summed E-state index contributed by atoms with van der Waals surface area (Å²) in [5.74, 6) is 0. The van der Waals surface area contributed by atoms with Crippen molar-refractivity contribution in [1.29, 1.82) is 0 Å². The number of nitrogens with zero attached hydrogens (tertiary/aromatic N) is 1. The summed E-state index contributed by atoms with van der Waals surface area (Å²) in [7, 11) is 0.